The van der Waals surface area contributed by atoms with Crippen LogP contribution in [0.3, 0.4) is 0 Å². The van der Waals surface area contributed by atoms with E-state index >= 15 is 0 Å². The van der Waals surface area contributed by atoms with Gasteiger partial charge in [-0.2, -0.15) is 0 Å². The van der Waals surface area contributed by atoms with Crippen molar-refractivity contribution in [2.24, 2.45) is 11.8 Å². The third kappa shape index (κ3) is 5.91. The summed E-state index contributed by atoms with van der Waals surface area (Å²) >= 11 is 0. The molecule has 1 aliphatic rings. The molecule has 3 rings (SSSR count). The summed E-state index contributed by atoms with van der Waals surface area (Å²) in [6.45, 7) is 5.41. The number of carbonyl (C=O) groups excluding carboxylic acids is 1. The Kier molecular flexibility index (Phi) is 6.21. The summed E-state index contributed by atoms with van der Waals surface area (Å²) in [7, 11) is 0. The maximum Gasteiger partial charge on any atom is 0.273 e. The number of carbonyl (C=O) groups is 1. The smallest absolute Gasteiger partial charge is 0.273 e. The first-order chi connectivity index (χ1) is 13.0. The minimum absolute atomic E-state index is 0.0884. The van der Waals surface area contributed by atoms with Gasteiger partial charge in [-0.3, -0.25) is 9.59 Å². The molecule has 0 unspecified atom stereocenters. The van der Waals surface area contributed by atoms with Crippen LogP contribution < -0.4 is 15.6 Å². The predicted molar refractivity (Wildman–Crippen MR) is 102 cm³/mol. The molecule has 1 aromatic heterocycles. The van der Waals surface area contributed by atoms with Gasteiger partial charge in [0.2, 0.25) is 5.91 Å². The maximum absolute atomic E-state index is 12.3. The zero-order chi connectivity index (χ0) is 19.2. The van der Waals surface area contributed by atoms with Crippen LogP contribution in [0.1, 0.15) is 38.8 Å². The highest BCUT2D eigenvalue weighted by atomic mass is 16.5. The van der Waals surface area contributed by atoms with Gasteiger partial charge in [-0.15, -0.1) is 10.2 Å². The Bertz CT molecular complexity index is 843. The number of hydrogen-bond acceptors (Lipinski definition) is 5. The lowest BCUT2D eigenvalue weighted by atomic mass is 10.2. The lowest BCUT2D eigenvalue weighted by Gasteiger charge is -2.08. The first-order valence-corrected chi connectivity index (χ1v) is 9.47. The second kappa shape index (κ2) is 8.79. The van der Waals surface area contributed by atoms with Crippen molar-refractivity contribution in [3.05, 3.63) is 40.3 Å². The van der Waals surface area contributed by atoms with Gasteiger partial charge in [0.05, 0.1) is 6.61 Å². The van der Waals surface area contributed by atoms with E-state index in [4.69, 9.17) is 4.74 Å². The fraction of sp³-hybridized carbons (Fsp3) is 0.500. The van der Waals surface area contributed by atoms with E-state index in [2.05, 4.69) is 20.5 Å². The lowest BCUT2D eigenvalue weighted by Crippen LogP contribution is -2.28. The van der Waals surface area contributed by atoms with Crippen molar-refractivity contribution in [2.75, 3.05) is 13.2 Å². The molecule has 1 saturated carbocycles. The van der Waals surface area contributed by atoms with Gasteiger partial charge in [0.1, 0.15) is 11.4 Å². The van der Waals surface area contributed by atoms with Crippen molar-refractivity contribution < 1.29 is 9.53 Å². The molecule has 0 spiro atoms. The van der Waals surface area contributed by atoms with Crippen LogP contribution in [-0.2, 0) is 11.2 Å². The summed E-state index contributed by atoms with van der Waals surface area (Å²) < 4.78 is 5.77. The fourth-order valence-corrected chi connectivity index (χ4v) is 2.52. The van der Waals surface area contributed by atoms with Crippen LogP contribution in [0.2, 0.25) is 0 Å². The van der Waals surface area contributed by atoms with E-state index in [0.717, 1.165) is 17.9 Å². The van der Waals surface area contributed by atoms with Crippen molar-refractivity contribution >= 4 is 5.91 Å². The number of amides is 1. The highest BCUT2D eigenvalue weighted by Gasteiger charge is 2.22. The molecule has 2 N–H and O–H groups in total. The second-order valence-corrected chi connectivity index (χ2v) is 7.43. The number of aromatic nitrogens is 3. The van der Waals surface area contributed by atoms with Gasteiger partial charge in [-0.05, 0) is 36.8 Å². The monoisotopic (exact) mass is 370 g/mol. The number of aryl methyl sites for hydroxylation is 1. The molecule has 0 bridgehead atoms. The number of rotatable bonds is 9. The molecular weight excluding hydrogens is 344 g/mol. The molecule has 1 aromatic carbocycles. The molecule has 1 aliphatic carbocycles. The average Bonchev–Trinajstić information content (AvgIpc) is 3.48. The molecule has 0 radical (unpaired) electrons. The van der Waals surface area contributed by atoms with Gasteiger partial charge in [0.25, 0.3) is 5.56 Å². The van der Waals surface area contributed by atoms with Crippen molar-refractivity contribution in [1.29, 1.82) is 0 Å². The van der Waals surface area contributed by atoms with E-state index in [1.807, 2.05) is 38.1 Å². The molecule has 0 aliphatic heterocycles. The molecule has 144 valence electrons. The molecular formula is C20H26N4O3. The standard InChI is InChI=1S/C20H26N4O3/c1-13(2)11-21-18(25)9-8-17-20(26)22-19(24-23-17)15-4-3-5-16(10-15)27-12-14-6-7-14/h3-5,10,13-14H,6-9,11-12H2,1-2H3,(H,21,25)(H,22,24,26). The van der Waals surface area contributed by atoms with Crippen molar-refractivity contribution in [1.82, 2.24) is 20.5 Å². The Morgan fingerprint density at radius 3 is 2.85 bits per heavy atom. The molecule has 7 heteroatoms. The number of hydrogen-bond donors (Lipinski definition) is 2. The normalized spacial score (nSPS) is 13.6. The molecule has 1 heterocycles. The minimum Gasteiger partial charge on any atom is -0.493 e. The van der Waals surface area contributed by atoms with Gasteiger partial charge in [0, 0.05) is 24.9 Å². The minimum atomic E-state index is -0.319. The van der Waals surface area contributed by atoms with Crippen LogP contribution in [0.5, 0.6) is 5.75 Å². The van der Waals surface area contributed by atoms with Crippen LogP contribution in [-0.4, -0.2) is 34.2 Å². The summed E-state index contributed by atoms with van der Waals surface area (Å²) in [6, 6.07) is 7.45. The summed E-state index contributed by atoms with van der Waals surface area (Å²) in [5, 5.41) is 11.0. The SMILES string of the molecule is CC(C)CNC(=O)CCc1nnc(-c2cccc(OCC3CC3)c2)[nH]c1=O. The zero-order valence-electron chi connectivity index (χ0n) is 15.8. The van der Waals surface area contributed by atoms with E-state index in [-0.39, 0.29) is 30.0 Å². The van der Waals surface area contributed by atoms with Gasteiger partial charge >= 0.3 is 0 Å². The first kappa shape index (κ1) is 19.1. The van der Waals surface area contributed by atoms with E-state index in [1.54, 1.807) is 0 Å². The maximum atomic E-state index is 12.3. The quantitative estimate of drug-likeness (QED) is 0.706. The Labute approximate surface area is 158 Å². The average molecular weight is 370 g/mol. The van der Waals surface area contributed by atoms with E-state index < -0.39 is 0 Å². The van der Waals surface area contributed by atoms with E-state index in [1.165, 1.54) is 12.8 Å². The Hall–Kier alpha value is -2.70. The van der Waals surface area contributed by atoms with Crippen LogP contribution in [0.15, 0.2) is 29.1 Å². The Morgan fingerprint density at radius 2 is 2.15 bits per heavy atom. The number of aromatic amines is 1. The van der Waals surface area contributed by atoms with Crippen molar-refractivity contribution in [3.63, 3.8) is 0 Å². The van der Waals surface area contributed by atoms with Gasteiger partial charge < -0.3 is 15.0 Å². The Morgan fingerprint density at radius 1 is 1.33 bits per heavy atom. The number of H-pyrrole nitrogens is 1. The van der Waals surface area contributed by atoms with E-state index in [0.29, 0.717) is 24.2 Å². The summed E-state index contributed by atoms with van der Waals surface area (Å²) in [5.74, 6) is 2.12. The highest BCUT2D eigenvalue weighted by molar-refractivity contribution is 5.76. The van der Waals surface area contributed by atoms with Crippen molar-refractivity contribution in [3.8, 4) is 17.1 Å². The number of nitrogens with zero attached hydrogens (tertiary/aromatic N) is 2. The summed E-state index contributed by atoms with van der Waals surface area (Å²) in [6.07, 6.45) is 2.94. The molecule has 0 atom stereocenters. The largest absolute Gasteiger partial charge is 0.493 e. The molecule has 27 heavy (non-hydrogen) atoms. The topological polar surface area (TPSA) is 97.0 Å². The highest BCUT2D eigenvalue weighted by Crippen LogP contribution is 2.30. The first-order valence-electron chi connectivity index (χ1n) is 9.47. The zero-order valence-corrected chi connectivity index (χ0v) is 15.8. The molecule has 2 aromatic rings. The fourth-order valence-electron chi connectivity index (χ4n) is 2.52. The third-order valence-electron chi connectivity index (χ3n) is 4.35. The van der Waals surface area contributed by atoms with Crippen LogP contribution in [0.25, 0.3) is 11.4 Å². The summed E-state index contributed by atoms with van der Waals surface area (Å²) in [4.78, 5) is 26.8. The van der Waals surface area contributed by atoms with Gasteiger partial charge in [0.15, 0.2) is 5.82 Å². The van der Waals surface area contributed by atoms with Crippen LogP contribution in [0.4, 0.5) is 0 Å². The second-order valence-electron chi connectivity index (χ2n) is 7.43. The summed E-state index contributed by atoms with van der Waals surface area (Å²) in [5.41, 5.74) is 0.690. The van der Waals surface area contributed by atoms with Crippen molar-refractivity contribution in [2.45, 2.75) is 39.5 Å². The number of ether oxygens (including phenoxy) is 1. The number of benzene rings is 1. The molecule has 1 amide bonds. The third-order valence-corrected chi connectivity index (χ3v) is 4.35. The van der Waals surface area contributed by atoms with E-state index in [9.17, 15) is 9.59 Å². The number of nitrogens with one attached hydrogen (secondary N) is 2. The van der Waals surface area contributed by atoms with Crippen LogP contribution in [0, 0.1) is 11.8 Å². The molecule has 7 nitrogen and oxygen atoms in total. The lowest BCUT2D eigenvalue weighted by molar-refractivity contribution is -0.121. The van der Waals surface area contributed by atoms with Gasteiger partial charge in [-0.25, -0.2) is 0 Å². The Balaban J connectivity index is 1.61. The molecule has 1 fully saturated rings. The van der Waals surface area contributed by atoms with Crippen LogP contribution >= 0.6 is 0 Å². The molecule has 0 saturated heterocycles. The predicted octanol–water partition coefficient (Wildman–Crippen LogP) is 2.33. The van der Waals surface area contributed by atoms with Gasteiger partial charge in [-0.1, -0.05) is 26.0 Å².